The van der Waals surface area contributed by atoms with Crippen LogP contribution in [0, 0.1) is 24.5 Å². The van der Waals surface area contributed by atoms with Crippen LogP contribution in [0.1, 0.15) is 41.6 Å². The lowest BCUT2D eigenvalue weighted by molar-refractivity contribution is 0.0942. The van der Waals surface area contributed by atoms with Crippen LogP contribution < -0.4 is 16.0 Å². The monoisotopic (exact) mass is 438 g/mol. The molecule has 3 N–H and O–H groups in total. The van der Waals surface area contributed by atoms with Gasteiger partial charge in [-0.05, 0) is 62.8 Å². The predicted molar refractivity (Wildman–Crippen MR) is 124 cm³/mol. The van der Waals surface area contributed by atoms with Gasteiger partial charge in [0.2, 0.25) is 0 Å². The maximum atomic E-state index is 13.4. The van der Waals surface area contributed by atoms with Crippen molar-refractivity contribution in [1.82, 2.24) is 10.3 Å². The van der Waals surface area contributed by atoms with Gasteiger partial charge in [-0.15, -0.1) is 0 Å². The molecule has 1 aliphatic carbocycles. The molecule has 1 fully saturated rings. The summed E-state index contributed by atoms with van der Waals surface area (Å²) in [5.74, 6) is -1.09. The molecule has 0 atom stereocenters. The van der Waals surface area contributed by atoms with E-state index in [0.717, 1.165) is 65.8 Å². The Hall–Kier alpha value is -3.22. The summed E-state index contributed by atoms with van der Waals surface area (Å²) in [7, 11) is 2.07. The van der Waals surface area contributed by atoms with Crippen molar-refractivity contribution in [2.45, 2.75) is 38.6 Å². The normalized spacial score (nSPS) is 18.5. The van der Waals surface area contributed by atoms with Crippen molar-refractivity contribution in [3.63, 3.8) is 0 Å². The molecule has 0 radical (unpaired) electrons. The van der Waals surface area contributed by atoms with Gasteiger partial charge in [-0.2, -0.15) is 0 Å². The number of nitrogens with one attached hydrogen (secondary N) is 1. The van der Waals surface area contributed by atoms with Crippen LogP contribution in [-0.4, -0.2) is 30.5 Å². The molecule has 1 saturated carbocycles. The molecule has 1 aliphatic rings. The highest BCUT2D eigenvalue weighted by molar-refractivity contribution is 5.94. The molecule has 1 aromatic heterocycles. The van der Waals surface area contributed by atoms with Gasteiger partial charge in [0.25, 0.3) is 5.91 Å². The van der Waals surface area contributed by atoms with Gasteiger partial charge >= 0.3 is 0 Å². The molecule has 2 aromatic carbocycles. The molecule has 3 aromatic rings. The summed E-state index contributed by atoms with van der Waals surface area (Å²) in [6, 6.07) is 11.5. The number of nitrogens with zero attached hydrogens (tertiary/aromatic N) is 2. The van der Waals surface area contributed by atoms with Crippen LogP contribution in [0.25, 0.3) is 10.9 Å². The van der Waals surface area contributed by atoms with Gasteiger partial charge < -0.3 is 16.0 Å². The van der Waals surface area contributed by atoms with Crippen LogP contribution >= 0.6 is 0 Å². The molecule has 7 heteroatoms. The molecule has 168 valence electrons. The Morgan fingerprint density at radius 1 is 1.12 bits per heavy atom. The first kappa shape index (κ1) is 22.0. The highest BCUT2D eigenvalue weighted by Crippen LogP contribution is 2.34. The number of pyridine rings is 1. The highest BCUT2D eigenvalue weighted by Gasteiger charge is 2.26. The van der Waals surface area contributed by atoms with Crippen LogP contribution in [0.3, 0.4) is 0 Å². The summed E-state index contributed by atoms with van der Waals surface area (Å²) < 4.78 is 26.4. The number of benzene rings is 2. The lowest BCUT2D eigenvalue weighted by Gasteiger charge is -2.36. The molecule has 0 spiro atoms. The first-order valence-electron chi connectivity index (χ1n) is 11.0. The van der Waals surface area contributed by atoms with E-state index in [1.165, 1.54) is 6.07 Å². The van der Waals surface area contributed by atoms with E-state index in [4.69, 9.17) is 10.7 Å². The fraction of sp³-hybridized carbons (Fsp3) is 0.360. The number of aromatic nitrogens is 1. The highest BCUT2D eigenvalue weighted by atomic mass is 19.2. The Balaban J connectivity index is 1.35. The van der Waals surface area contributed by atoms with Crippen molar-refractivity contribution in [1.29, 1.82) is 0 Å². The quantitative estimate of drug-likeness (QED) is 0.599. The third kappa shape index (κ3) is 4.38. The molecular weight excluding hydrogens is 410 g/mol. The van der Waals surface area contributed by atoms with Crippen molar-refractivity contribution in [3.05, 3.63) is 65.2 Å². The summed E-state index contributed by atoms with van der Waals surface area (Å²) in [5, 5.41) is 3.83. The average molecular weight is 439 g/mol. The van der Waals surface area contributed by atoms with Crippen LogP contribution in [0.4, 0.5) is 20.3 Å². The number of hydrogen-bond donors (Lipinski definition) is 2. The van der Waals surface area contributed by atoms with Crippen LogP contribution in [0.5, 0.6) is 0 Å². The van der Waals surface area contributed by atoms with E-state index in [1.54, 1.807) is 0 Å². The largest absolute Gasteiger partial charge is 0.398 e. The minimum atomic E-state index is -1.01. The van der Waals surface area contributed by atoms with Crippen molar-refractivity contribution in [2.75, 3.05) is 24.2 Å². The third-order valence-electron chi connectivity index (χ3n) is 6.59. The smallest absolute Gasteiger partial charge is 0.251 e. The molecular formula is C25H28F2N4O. The summed E-state index contributed by atoms with van der Waals surface area (Å²) in [5.41, 5.74) is 9.18. The maximum Gasteiger partial charge on any atom is 0.251 e. The van der Waals surface area contributed by atoms with Crippen molar-refractivity contribution < 1.29 is 13.6 Å². The number of para-hydroxylation sites is 1. The van der Waals surface area contributed by atoms with Gasteiger partial charge in [0, 0.05) is 41.8 Å². The molecule has 4 rings (SSSR count). The van der Waals surface area contributed by atoms with Gasteiger partial charge in [-0.1, -0.05) is 18.2 Å². The molecule has 0 saturated heterocycles. The molecule has 1 heterocycles. The Morgan fingerprint density at radius 3 is 2.56 bits per heavy atom. The van der Waals surface area contributed by atoms with Crippen molar-refractivity contribution >= 4 is 28.3 Å². The first-order valence-corrected chi connectivity index (χ1v) is 11.0. The summed E-state index contributed by atoms with van der Waals surface area (Å²) in [6.45, 7) is 2.54. The minimum absolute atomic E-state index is 0.132. The number of amides is 1. The molecule has 32 heavy (non-hydrogen) atoms. The van der Waals surface area contributed by atoms with Crippen LogP contribution in [0.15, 0.2) is 42.5 Å². The van der Waals surface area contributed by atoms with E-state index < -0.39 is 11.6 Å². The summed E-state index contributed by atoms with van der Waals surface area (Å²) in [4.78, 5) is 19.4. The second kappa shape index (κ2) is 9.10. The number of hydrogen-bond acceptors (Lipinski definition) is 4. The number of rotatable bonds is 5. The zero-order valence-corrected chi connectivity index (χ0v) is 18.4. The number of anilines is 2. The van der Waals surface area contributed by atoms with E-state index in [-0.39, 0.29) is 11.5 Å². The Morgan fingerprint density at radius 2 is 1.84 bits per heavy atom. The standard InChI is InChI=1S/C25H28F2N4O/c1-15-23(28)19-5-3-4-6-22(19)30-24(15)31(2)18-10-7-16(8-11-18)14-29-25(32)17-9-12-20(26)21(27)13-17/h3-6,9,12-13,16,18H,7-8,10-11,14H2,1-2H3,(H2,28,30)(H,29,32). The number of nitrogen functional groups attached to an aromatic ring is 1. The summed E-state index contributed by atoms with van der Waals surface area (Å²) in [6.07, 6.45) is 3.90. The maximum absolute atomic E-state index is 13.4. The molecule has 0 aliphatic heterocycles. The SMILES string of the molecule is Cc1c(N(C)C2CCC(CNC(=O)c3ccc(F)c(F)c3)CC2)nc2ccccc2c1N. The number of carbonyl (C=O) groups excluding carboxylic acids is 1. The summed E-state index contributed by atoms with van der Waals surface area (Å²) >= 11 is 0. The van der Waals surface area contributed by atoms with E-state index >= 15 is 0 Å². The fourth-order valence-electron chi connectivity index (χ4n) is 4.55. The van der Waals surface area contributed by atoms with Gasteiger partial charge in [0.1, 0.15) is 5.82 Å². The minimum Gasteiger partial charge on any atom is -0.398 e. The Labute approximate surface area is 186 Å². The Kier molecular flexibility index (Phi) is 6.26. The number of carbonyl (C=O) groups is 1. The van der Waals surface area contributed by atoms with Crippen LogP contribution in [-0.2, 0) is 0 Å². The number of nitrogens with two attached hydrogens (primary N) is 1. The van der Waals surface area contributed by atoms with E-state index in [1.807, 2.05) is 31.2 Å². The van der Waals surface area contributed by atoms with Gasteiger partial charge in [-0.25, -0.2) is 13.8 Å². The lowest BCUT2D eigenvalue weighted by Crippen LogP contribution is -2.39. The zero-order valence-electron chi connectivity index (χ0n) is 18.4. The predicted octanol–water partition coefficient (Wildman–Crippen LogP) is 4.83. The Bertz CT molecular complexity index is 1140. The van der Waals surface area contributed by atoms with E-state index in [9.17, 15) is 13.6 Å². The van der Waals surface area contributed by atoms with E-state index in [2.05, 4.69) is 17.3 Å². The fourth-order valence-corrected chi connectivity index (χ4v) is 4.55. The third-order valence-corrected chi connectivity index (χ3v) is 6.59. The number of halogens is 2. The van der Waals surface area contributed by atoms with Crippen molar-refractivity contribution in [3.8, 4) is 0 Å². The topological polar surface area (TPSA) is 71.2 Å². The molecule has 5 nitrogen and oxygen atoms in total. The first-order chi connectivity index (χ1) is 15.3. The van der Waals surface area contributed by atoms with Gasteiger partial charge in [-0.3, -0.25) is 4.79 Å². The second-order valence-corrected chi connectivity index (χ2v) is 8.62. The molecule has 0 unspecified atom stereocenters. The number of fused-ring (bicyclic) bond motifs is 1. The zero-order chi connectivity index (χ0) is 22.8. The molecule has 1 amide bonds. The van der Waals surface area contributed by atoms with Crippen LogP contribution in [0.2, 0.25) is 0 Å². The van der Waals surface area contributed by atoms with E-state index in [0.29, 0.717) is 18.5 Å². The lowest BCUT2D eigenvalue weighted by atomic mass is 9.85. The molecule has 0 bridgehead atoms. The van der Waals surface area contributed by atoms with Gasteiger partial charge in [0.15, 0.2) is 11.6 Å². The average Bonchev–Trinajstić information content (AvgIpc) is 2.81. The van der Waals surface area contributed by atoms with Gasteiger partial charge in [0.05, 0.1) is 5.52 Å². The van der Waals surface area contributed by atoms with Crippen molar-refractivity contribution in [2.24, 2.45) is 5.92 Å². The second-order valence-electron chi connectivity index (χ2n) is 8.62.